The van der Waals surface area contributed by atoms with Crippen LogP contribution in [0, 0.1) is 10.1 Å². The number of nitrogens with one attached hydrogen (secondary N) is 2. The number of ketones is 1. The van der Waals surface area contributed by atoms with Crippen molar-refractivity contribution in [2.45, 2.75) is 45.8 Å². The number of allylic oxidation sites excluding steroid dienone is 3. The maximum Gasteiger partial charge on any atom is 0.422 e. The monoisotopic (exact) mass is 519 g/mol. The number of ether oxygens (including phenoxy) is 1. The Bertz CT molecular complexity index is 1200. The minimum atomic E-state index is -4.83. The molecular weight excluding hydrogens is 495 g/mol. The van der Waals surface area contributed by atoms with Crippen molar-refractivity contribution < 1.29 is 40.8 Å². The average Bonchev–Trinajstić information content (AvgIpc) is 2.69. The number of sulfonamides is 1. The van der Waals surface area contributed by atoms with Crippen LogP contribution in [0.1, 0.15) is 39.2 Å². The second-order valence-corrected chi connectivity index (χ2v) is 9.89. The quantitative estimate of drug-likeness (QED) is 0.288. The van der Waals surface area contributed by atoms with Crippen LogP contribution in [0.25, 0.3) is 0 Å². The molecule has 10 nitrogen and oxygen atoms in total. The van der Waals surface area contributed by atoms with E-state index in [0.29, 0.717) is 0 Å². The van der Waals surface area contributed by atoms with Crippen molar-refractivity contribution in [2.24, 2.45) is 0 Å². The lowest BCUT2D eigenvalue weighted by Gasteiger charge is -2.31. The van der Waals surface area contributed by atoms with E-state index in [2.05, 4.69) is 14.8 Å². The number of carbonyl (C=O) groups excluding carboxylic acids is 2. The molecular formula is C21H24F3N3O7S. The number of nitro benzene ring substituents is 1. The third-order valence-corrected chi connectivity index (χ3v) is 6.27. The van der Waals surface area contributed by atoms with Crippen LogP contribution in [0.3, 0.4) is 0 Å². The SMILES string of the molecule is CC1=C(C(=O)CS(=O)(=O)NC(C)C)C(c2cccc([N+](=O)[O-])c2)C(C(=O)OCC(F)(F)F)=C(C)N1. The predicted octanol–water partition coefficient (Wildman–Crippen LogP) is 2.83. The number of Topliss-reactive ketones (excluding diaryl/α,β-unsaturated/α-hetero) is 1. The van der Waals surface area contributed by atoms with Crippen molar-refractivity contribution in [1.82, 2.24) is 10.0 Å². The Labute approximate surface area is 199 Å². The maximum absolute atomic E-state index is 13.2. The van der Waals surface area contributed by atoms with Crippen LogP contribution in [0.4, 0.5) is 18.9 Å². The van der Waals surface area contributed by atoms with Gasteiger partial charge in [0, 0.05) is 41.1 Å². The van der Waals surface area contributed by atoms with Crippen molar-refractivity contribution >= 4 is 27.5 Å². The largest absolute Gasteiger partial charge is 0.453 e. The predicted molar refractivity (Wildman–Crippen MR) is 118 cm³/mol. The van der Waals surface area contributed by atoms with Crippen molar-refractivity contribution in [3.8, 4) is 0 Å². The van der Waals surface area contributed by atoms with Crippen LogP contribution in [0.5, 0.6) is 0 Å². The second-order valence-electron chi connectivity index (χ2n) is 8.13. The minimum Gasteiger partial charge on any atom is -0.453 e. The first kappa shape index (κ1) is 28.0. The van der Waals surface area contributed by atoms with Gasteiger partial charge in [0.05, 0.1) is 10.5 Å². The molecule has 0 aromatic heterocycles. The van der Waals surface area contributed by atoms with E-state index in [0.717, 1.165) is 12.1 Å². The highest BCUT2D eigenvalue weighted by molar-refractivity contribution is 7.90. The molecule has 14 heteroatoms. The molecule has 1 heterocycles. The van der Waals surface area contributed by atoms with E-state index in [4.69, 9.17) is 0 Å². The summed E-state index contributed by atoms with van der Waals surface area (Å²) < 4.78 is 69.5. The minimum absolute atomic E-state index is 0.0240. The Balaban J connectivity index is 2.64. The van der Waals surface area contributed by atoms with Gasteiger partial charge >= 0.3 is 12.1 Å². The van der Waals surface area contributed by atoms with E-state index in [9.17, 15) is 41.3 Å². The smallest absolute Gasteiger partial charge is 0.422 e. The number of halogens is 3. The normalized spacial score (nSPS) is 16.9. The second kappa shape index (κ2) is 10.6. The molecule has 0 amide bonds. The average molecular weight is 519 g/mol. The Morgan fingerprint density at radius 3 is 2.34 bits per heavy atom. The van der Waals surface area contributed by atoms with Gasteiger partial charge in [-0.3, -0.25) is 14.9 Å². The Kier molecular flexibility index (Phi) is 8.44. The van der Waals surface area contributed by atoms with Gasteiger partial charge in [-0.05, 0) is 33.3 Å². The first-order valence-electron chi connectivity index (χ1n) is 10.2. The summed E-state index contributed by atoms with van der Waals surface area (Å²) in [5.74, 6) is -4.80. The van der Waals surface area contributed by atoms with Gasteiger partial charge in [-0.15, -0.1) is 0 Å². The molecule has 192 valence electrons. The lowest BCUT2D eigenvalue weighted by atomic mass is 9.79. The Hall–Kier alpha value is -3.26. The Morgan fingerprint density at radius 2 is 1.80 bits per heavy atom. The van der Waals surface area contributed by atoms with Gasteiger partial charge in [0.25, 0.3) is 5.69 Å². The summed E-state index contributed by atoms with van der Waals surface area (Å²) in [7, 11) is -4.11. The van der Waals surface area contributed by atoms with E-state index < -0.39 is 68.5 Å². The molecule has 0 spiro atoms. The third-order valence-electron chi connectivity index (χ3n) is 4.80. The number of hydrogen-bond donors (Lipinski definition) is 2. The molecule has 1 unspecified atom stereocenters. The van der Waals surface area contributed by atoms with Crippen molar-refractivity contribution in [2.75, 3.05) is 12.4 Å². The topological polar surface area (TPSA) is 145 Å². The lowest BCUT2D eigenvalue weighted by molar-refractivity contribution is -0.384. The molecule has 1 aromatic rings. The molecule has 35 heavy (non-hydrogen) atoms. The van der Waals surface area contributed by atoms with Gasteiger partial charge in [-0.2, -0.15) is 13.2 Å². The lowest BCUT2D eigenvalue weighted by Crippen LogP contribution is -2.38. The summed E-state index contributed by atoms with van der Waals surface area (Å²) in [6.07, 6.45) is -4.83. The summed E-state index contributed by atoms with van der Waals surface area (Å²) in [5.41, 5.74) is -0.847. The zero-order chi connectivity index (χ0) is 26.7. The van der Waals surface area contributed by atoms with Crippen LogP contribution >= 0.6 is 0 Å². The standard InChI is InChI=1S/C21H24F3N3O7S/c1-11(2)26-35(32,33)9-16(28)17-12(3)25-13(4)18(20(29)34-10-21(22,23)24)19(17)14-6-5-7-15(8-14)27(30)31/h5-8,11,19,25-26H,9-10H2,1-4H3. The summed E-state index contributed by atoms with van der Waals surface area (Å²) in [6, 6.07) is 4.31. The summed E-state index contributed by atoms with van der Waals surface area (Å²) in [6.45, 7) is 3.96. The molecule has 0 saturated heterocycles. The van der Waals surface area contributed by atoms with Gasteiger partial charge < -0.3 is 10.1 Å². The number of hydrogen-bond acceptors (Lipinski definition) is 8. The van der Waals surface area contributed by atoms with Gasteiger partial charge in [0.2, 0.25) is 10.0 Å². The molecule has 0 radical (unpaired) electrons. The van der Waals surface area contributed by atoms with E-state index in [1.54, 1.807) is 13.8 Å². The maximum atomic E-state index is 13.2. The molecule has 2 N–H and O–H groups in total. The molecule has 0 fully saturated rings. The molecule has 0 bridgehead atoms. The molecule has 2 rings (SSSR count). The molecule has 0 saturated carbocycles. The third kappa shape index (κ3) is 7.36. The molecule has 0 aliphatic carbocycles. The number of dihydropyridines is 1. The number of alkyl halides is 3. The number of nitrogens with zero attached hydrogens (tertiary/aromatic N) is 1. The molecule has 1 aliphatic rings. The fourth-order valence-corrected chi connectivity index (χ4v) is 4.96. The fourth-order valence-electron chi connectivity index (χ4n) is 3.66. The number of esters is 1. The van der Waals surface area contributed by atoms with Gasteiger partial charge in [0.1, 0.15) is 5.75 Å². The highest BCUT2D eigenvalue weighted by Gasteiger charge is 2.40. The van der Waals surface area contributed by atoms with E-state index in [-0.39, 0.29) is 22.5 Å². The van der Waals surface area contributed by atoms with Crippen LogP contribution in [0.15, 0.2) is 46.8 Å². The van der Waals surface area contributed by atoms with Gasteiger partial charge in [0.15, 0.2) is 12.4 Å². The zero-order valence-corrected chi connectivity index (χ0v) is 20.0. The molecule has 1 aromatic carbocycles. The number of non-ortho nitro benzene ring substituents is 1. The number of rotatable bonds is 9. The number of benzene rings is 1. The van der Waals surface area contributed by atoms with Crippen LogP contribution in [-0.2, 0) is 24.3 Å². The summed E-state index contributed by atoms with van der Waals surface area (Å²) in [5, 5.41) is 14.0. The highest BCUT2D eigenvalue weighted by atomic mass is 32.2. The zero-order valence-electron chi connectivity index (χ0n) is 19.2. The summed E-state index contributed by atoms with van der Waals surface area (Å²) in [4.78, 5) is 36.5. The van der Waals surface area contributed by atoms with Crippen molar-refractivity contribution in [3.05, 3.63) is 62.5 Å². The number of carbonyl (C=O) groups is 2. The van der Waals surface area contributed by atoms with E-state index in [1.165, 1.54) is 26.0 Å². The highest BCUT2D eigenvalue weighted by Crippen LogP contribution is 2.40. The van der Waals surface area contributed by atoms with E-state index in [1.807, 2.05) is 0 Å². The van der Waals surface area contributed by atoms with Crippen LogP contribution in [-0.4, -0.2) is 49.7 Å². The fraction of sp³-hybridized carbons (Fsp3) is 0.429. The molecule has 1 aliphatic heterocycles. The first-order valence-corrected chi connectivity index (χ1v) is 11.9. The number of nitro groups is 1. The first-order chi connectivity index (χ1) is 16.0. The van der Waals surface area contributed by atoms with Crippen molar-refractivity contribution in [1.29, 1.82) is 0 Å². The van der Waals surface area contributed by atoms with Crippen LogP contribution < -0.4 is 10.0 Å². The Morgan fingerprint density at radius 1 is 1.20 bits per heavy atom. The van der Waals surface area contributed by atoms with Crippen molar-refractivity contribution in [3.63, 3.8) is 0 Å². The van der Waals surface area contributed by atoms with E-state index >= 15 is 0 Å². The van der Waals surface area contributed by atoms with Gasteiger partial charge in [-0.1, -0.05) is 12.1 Å². The summed E-state index contributed by atoms with van der Waals surface area (Å²) >= 11 is 0. The van der Waals surface area contributed by atoms with Crippen LogP contribution in [0.2, 0.25) is 0 Å². The van der Waals surface area contributed by atoms with Gasteiger partial charge in [-0.25, -0.2) is 17.9 Å². The molecule has 1 atom stereocenters.